The Hall–Kier alpha value is -1.97. The molecule has 1 amide bonds. The number of benzene rings is 1. The van der Waals surface area contributed by atoms with Gasteiger partial charge in [0, 0.05) is 9.90 Å². The molecule has 164 valence electrons. The highest BCUT2D eigenvalue weighted by Gasteiger charge is 2.20. The average Bonchev–Trinajstić information content (AvgIpc) is 3.03. The van der Waals surface area contributed by atoms with Crippen LogP contribution in [-0.2, 0) is 16.1 Å². The monoisotopic (exact) mass is 480 g/mol. The van der Waals surface area contributed by atoms with Gasteiger partial charge in [0.05, 0.1) is 35.9 Å². The number of amides is 1. The Morgan fingerprint density at radius 1 is 1.23 bits per heavy atom. The number of morpholine rings is 1. The molecule has 1 fully saturated rings. The first-order valence-corrected chi connectivity index (χ1v) is 11.6. The molecule has 0 aliphatic carbocycles. The highest BCUT2D eigenvalue weighted by Crippen LogP contribution is 2.33. The van der Waals surface area contributed by atoms with Gasteiger partial charge < -0.3 is 20.3 Å². The molecule has 1 aliphatic rings. The van der Waals surface area contributed by atoms with Crippen molar-refractivity contribution in [3.05, 3.63) is 44.5 Å². The average molecular weight is 481 g/mol. The molecule has 0 atom stereocenters. The van der Waals surface area contributed by atoms with Gasteiger partial charge in [-0.1, -0.05) is 23.2 Å². The van der Waals surface area contributed by atoms with E-state index >= 15 is 0 Å². The van der Waals surface area contributed by atoms with Gasteiger partial charge in [-0.2, -0.15) is 0 Å². The molecule has 4 rings (SSSR count). The summed E-state index contributed by atoms with van der Waals surface area (Å²) < 4.78 is 5.45. The minimum atomic E-state index is -0.235. The van der Waals surface area contributed by atoms with Crippen molar-refractivity contribution < 1.29 is 14.4 Å². The number of aryl methyl sites for hydroxylation is 2. The van der Waals surface area contributed by atoms with E-state index in [1.165, 1.54) is 9.78 Å². The van der Waals surface area contributed by atoms with Crippen molar-refractivity contribution in [3.63, 3.8) is 0 Å². The van der Waals surface area contributed by atoms with E-state index in [1.807, 2.05) is 0 Å². The third-order valence-corrected chi connectivity index (χ3v) is 6.97. The van der Waals surface area contributed by atoms with E-state index < -0.39 is 0 Å². The summed E-state index contributed by atoms with van der Waals surface area (Å²) in [6, 6.07) is 4.95. The number of aromatic nitrogens is 2. The summed E-state index contributed by atoms with van der Waals surface area (Å²) in [5.41, 5.74) is 1.61. The fraction of sp³-hybridized carbons (Fsp3) is 0.381. The number of hydrogen-bond acceptors (Lipinski definition) is 6. The lowest BCUT2D eigenvalue weighted by Crippen LogP contribution is -3.12. The number of hydrogen-bond donors (Lipinski definition) is 3. The van der Waals surface area contributed by atoms with E-state index in [-0.39, 0.29) is 12.5 Å². The Kier molecular flexibility index (Phi) is 6.93. The van der Waals surface area contributed by atoms with Gasteiger partial charge in [0.15, 0.2) is 5.82 Å². The zero-order valence-corrected chi connectivity index (χ0v) is 19.7. The predicted molar refractivity (Wildman–Crippen MR) is 126 cm³/mol. The molecule has 10 heteroatoms. The van der Waals surface area contributed by atoms with Crippen molar-refractivity contribution in [2.24, 2.45) is 0 Å². The molecule has 0 bridgehead atoms. The maximum absolute atomic E-state index is 12.5. The van der Waals surface area contributed by atoms with Crippen LogP contribution < -0.4 is 15.5 Å². The highest BCUT2D eigenvalue weighted by atomic mass is 35.5. The molecule has 7 nitrogen and oxygen atoms in total. The van der Waals surface area contributed by atoms with Crippen LogP contribution in [0.1, 0.15) is 16.3 Å². The van der Waals surface area contributed by atoms with Crippen LogP contribution >= 0.6 is 34.5 Å². The number of carbonyl (C=O) groups is 1. The Labute approximate surface area is 194 Å². The topological polar surface area (TPSA) is 80.6 Å². The number of thiophene rings is 1. The first kappa shape index (κ1) is 22.2. The number of nitrogens with one attached hydrogen (secondary N) is 3. The summed E-state index contributed by atoms with van der Waals surface area (Å²) in [5, 5.41) is 7.91. The maximum atomic E-state index is 12.5. The standard InChI is InChI=1S/C21H23Cl2N5O2S/c1-12-13(2)31-21-19(12)20(26-17(27-21)11-28-5-7-30-8-6-28)24-10-18(29)25-16-9-14(22)3-4-15(16)23/h3-4,9H,5-8,10-11H2,1-2H3,(H,25,29)(H,24,26,27)/p+1. The van der Waals surface area contributed by atoms with Crippen LogP contribution in [0.4, 0.5) is 11.5 Å². The molecule has 1 saturated heterocycles. The number of fused-ring (bicyclic) bond motifs is 1. The van der Waals surface area contributed by atoms with E-state index in [2.05, 4.69) is 24.5 Å². The van der Waals surface area contributed by atoms with Crippen LogP contribution in [-0.4, -0.2) is 48.7 Å². The number of ether oxygens (including phenoxy) is 1. The summed E-state index contributed by atoms with van der Waals surface area (Å²) in [6.07, 6.45) is 0. The zero-order valence-electron chi connectivity index (χ0n) is 17.3. The van der Waals surface area contributed by atoms with Crippen molar-refractivity contribution in [2.45, 2.75) is 20.4 Å². The van der Waals surface area contributed by atoms with Gasteiger partial charge in [0.1, 0.15) is 30.3 Å². The van der Waals surface area contributed by atoms with Crippen LogP contribution in [0.2, 0.25) is 10.0 Å². The van der Waals surface area contributed by atoms with Gasteiger partial charge in [-0.15, -0.1) is 11.3 Å². The van der Waals surface area contributed by atoms with Crippen LogP contribution in [0.5, 0.6) is 0 Å². The lowest BCUT2D eigenvalue weighted by atomic mass is 10.2. The molecule has 2 aromatic heterocycles. The second kappa shape index (κ2) is 9.67. The molecular formula is C21H24Cl2N5O2S+. The van der Waals surface area contributed by atoms with Crippen LogP contribution in [0.15, 0.2) is 18.2 Å². The molecule has 3 aromatic rings. The highest BCUT2D eigenvalue weighted by molar-refractivity contribution is 7.18. The van der Waals surface area contributed by atoms with Gasteiger partial charge in [0.2, 0.25) is 5.91 Å². The van der Waals surface area contributed by atoms with Crippen LogP contribution in [0.25, 0.3) is 10.2 Å². The first-order valence-electron chi connectivity index (χ1n) is 10.1. The largest absolute Gasteiger partial charge is 0.370 e. The summed E-state index contributed by atoms with van der Waals surface area (Å²) in [4.78, 5) is 25.6. The molecule has 1 aliphatic heterocycles. The number of quaternary nitrogens is 1. The summed E-state index contributed by atoms with van der Waals surface area (Å²) in [6.45, 7) is 8.30. The third-order valence-electron chi connectivity index (χ3n) is 5.30. The molecule has 0 saturated carbocycles. The van der Waals surface area contributed by atoms with Crippen LogP contribution in [0, 0.1) is 13.8 Å². The first-order chi connectivity index (χ1) is 14.9. The summed E-state index contributed by atoms with van der Waals surface area (Å²) in [5.74, 6) is 1.22. The predicted octanol–water partition coefficient (Wildman–Crippen LogP) is 3.08. The second-order valence-electron chi connectivity index (χ2n) is 7.52. The Morgan fingerprint density at radius 3 is 2.77 bits per heavy atom. The number of nitrogens with zero attached hydrogens (tertiary/aromatic N) is 2. The SMILES string of the molecule is Cc1sc2nc(C[NH+]3CCOCC3)nc(NCC(=O)Nc3cc(Cl)ccc3Cl)c2c1C. The minimum absolute atomic E-state index is 0.0488. The number of anilines is 2. The third kappa shape index (κ3) is 5.27. The molecule has 0 unspecified atom stereocenters. The molecule has 31 heavy (non-hydrogen) atoms. The zero-order chi connectivity index (χ0) is 22.0. The van der Waals surface area contributed by atoms with Crippen molar-refractivity contribution in [1.29, 1.82) is 0 Å². The van der Waals surface area contributed by atoms with Crippen molar-refractivity contribution in [1.82, 2.24) is 9.97 Å². The van der Waals surface area contributed by atoms with E-state index in [0.29, 0.717) is 21.6 Å². The molecule has 0 radical (unpaired) electrons. The smallest absolute Gasteiger partial charge is 0.243 e. The van der Waals surface area contributed by atoms with Crippen molar-refractivity contribution in [2.75, 3.05) is 43.5 Å². The van der Waals surface area contributed by atoms with E-state index in [9.17, 15) is 4.79 Å². The van der Waals surface area contributed by atoms with E-state index in [1.54, 1.807) is 29.5 Å². The van der Waals surface area contributed by atoms with Gasteiger partial charge >= 0.3 is 0 Å². The minimum Gasteiger partial charge on any atom is -0.370 e. The maximum Gasteiger partial charge on any atom is 0.243 e. The van der Waals surface area contributed by atoms with E-state index in [0.717, 1.165) is 54.5 Å². The number of carbonyl (C=O) groups excluding carboxylic acids is 1. The molecular weight excluding hydrogens is 457 g/mol. The number of halogens is 2. The lowest BCUT2D eigenvalue weighted by Gasteiger charge is -2.23. The lowest BCUT2D eigenvalue weighted by molar-refractivity contribution is -0.922. The normalized spacial score (nSPS) is 14.7. The Bertz CT molecular complexity index is 1110. The fourth-order valence-corrected chi connectivity index (χ4v) is 4.90. The molecule has 3 heterocycles. The van der Waals surface area contributed by atoms with Gasteiger partial charge in [0.25, 0.3) is 0 Å². The summed E-state index contributed by atoms with van der Waals surface area (Å²) in [7, 11) is 0. The Balaban J connectivity index is 1.53. The molecule has 1 aromatic carbocycles. The van der Waals surface area contributed by atoms with Crippen molar-refractivity contribution >= 4 is 62.2 Å². The van der Waals surface area contributed by atoms with Crippen molar-refractivity contribution in [3.8, 4) is 0 Å². The van der Waals surface area contributed by atoms with Crippen LogP contribution in [0.3, 0.4) is 0 Å². The Morgan fingerprint density at radius 2 is 2.00 bits per heavy atom. The van der Waals surface area contributed by atoms with E-state index in [4.69, 9.17) is 37.9 Å². The van der Waals surface area contributed by atoms with Gasteiger partial charge in [-0.05, 0) is 37.6 Å². The second-order valence-corrected chi connectivity index (χ2v) is 9.56. The number of rotatable bonds is 6. The quantitative estimate of drug-likeness (QED) is 0.505. The molecule has 3 N–H and O–H groups in total. The fourth-order valence-electron chi connectivity index (χ4n) is 3.51. The van der Waals surface area contributed by atoms with Gasteiger partial charge in [-0.3, -0.25) is 4.79 Å². The molecule has 0 spiro atoms. The van der Waals surface area contributed by atoms with Gasteiger partial charge in [-0.25, -0.2) is 9.97 Å². The summed E-state index contributed by atoms with van der Waals surface area (Å²) >= 11 is 13.8.